The maximum absolute atomic E-state index is 12.4. The van der Waals surface area contributed by atoms with Gasteiger partial charge in [0.2, 0.25) is 11.8 Å². The molecule has 0 radical (unpaired) electrons. The predicted octanol–water partition coefficient (Wildman–Crippen LogP) is 0.106. The van der Waals surface area contributed by atoms with Crippen LogP contribution in [0.15, 0.2) is 0 Å². The topological polar surface area (TPSA) is 73.5 Å². The molecular weight excluding hydrogens is 256 g/mol. The highest BCUT2D eigenvalue weighted by molar-refractivity contribution is 5.87. The van der Waals surface area contributed by atoms with Gasteiger partial charge in [-0.1, -0.05) is 0 Å². The van der Waals surface area contributed by atoms with Gasteiger partial charge < -0.3 is 10.2 Å². The van der Waals surface area contributed by atoms with Crippen LogP contribution in [-0.4, -0.2) is 41.5 Å². The van der Waals surface area contributed by atoms with Gasteiger partial charge in [-0.2, -0.15) is 0 Å². The Morgan fingerprint density at radius 1 is 1.15 bits per heavy atom. The molecule has 3 atom stereocenters. The van der Waals surface area contributed by atoms with Crippen molar-refractivity contribution >= 4 is 11.8 Å². The highest BCUT2D eigenvalue weighted by Gasteiger charge is 2.38. The molecule has 3 N–H and O–H groups in total. The van der Waals surface area contributed by atoms with E-state index in [1.54, 1.807) is 11.8 Å². The standard InChI is InChI=1S/C14H24N4O2/c1-9(19)18-7-3-2-4-12(18)14(20)15-13-8-11(16-17-13)10-5-6-10/h10-13,16-17H,2-8H2,1H3,(H,15,20)/t11?,12-,13?/m1/s1. The minimum absolute atomic E-state index is 0.00165. The van der Waals surface area contributed by atoms with Crippen molar-refractivity contribution in [2.45, 2.75) is 63.7 Å². The van der Waals surface area contributed by atoms with Crippen LogP contribution < -0.4 is 16.2 Å². The van der Waals surface area contributed by atoms with E-state index in [1.165, 1.54) is 12.8 Å². The number of hydrogen-bond acceptors (Lipinski definition) is 4. The Balaban J connectivity index is 1.53. The van der Waals surface area contributed by atoms with Gasteiger partial charge in [-0.05, 0) is 44.4 Å². The van der Waals surface area contributed by atoms with Crippen LogP contribution in [0.5, 0.6) is 0 Å². The molecule has 3 fully saturated rings. The quantitative estimate of drug-likeness (QED) is 0.686. The van der Waals surface area contributed by atoms with Crippen LogP contribution in [0.4, 0.5) is 0 Å². The summed E-state index contributed by atoms with van der Waals surface area (Å²) in [7, 11) is 0. The predicted molar refractivity (Wildman–Crippen MR) is 74.4 cm³/mol. The van der Waals surface area contributed by atoms with Crippen LogP contribution in [0.3, 0.4) is 0 Å². The largest absolute Gasteiger partial charge is 0.338 e. The van der Waals surface area contributed by atoms with Gasteiger partial charge in [0.15, 0.2) is 0 Å². The molecule has 3 rings (SSSR count). The molecule has 2 heterocycles. The first-order valence-electron chi connectivity index (χ1n) is 7.74. The molecule has 6 heteroatoms. The van der Waals surface area contributed by atoms with Crippen LogP contribution in [0.1, 0.15) is 45.4 Å². The molecule has 0 aromatic rings. The summed E-state index contributed by atoms with van der Waals surface area (Å²) in [5.41, 5.74) is 6.42. The molecule has 3 aliphatic rings. The summed E-state index contributed by atoms with van der Waals surface area (Å²) in [6, 6.07) is 0.193. The third kappa shape index (κ3) is 2.96. The number of piperidine rings is 1. The lowest BCUT2D eigenvalue weighted by molar-refractivity contribution is -0.141. The normalized spacial score (nSPS) is 34.0. The number of nitrogens with zero attached hydrogens (tertiary/aromatic N) is 1. The van der Waals surface area contributed by atoms with Gasteiger partial charge in [-0.25, -0.2) is 5.43 Å². The van der Waals surface area contributed by atoms with E-state index in [4.69, 9.17) is 0 Å². The van der Waals surface area contributed by atoms with E-state index in [0.717, 1.165) is 31.6 Å². The Bertz CT molecular complexity index is 397. The highest BCUT2D eigenvalue weighted by Crippen LogP contribution is 2.35. The molecule has 0 aromatic carbocycles. The van der Waals surface area contributed by atoms with Gasteiger partial charge in [0, 0.05) is 19.5 Å². The van der Waals surface area contributed by atoms with Gasteiger partial charge in [0.1, 0.15) is 6.04 Å². The number of carbonyl (C=O) groups excluding carboxylic acids is 2. The van der Waals surface area contributed by atoms with Gasteiger partial charge in [-0.3, -0.25) is 15.0 Å². The number of carbonyl (C=O) groups is 2. The Kier molecular flexibility index (Phi) is 3.94. The number of hydrazine groups is 1. The van der Waals surface area contributed by atoms with E-state index >= 15 is 0 Å². The molecule has 20 heavy (non-hydrogen) atoms. The van der Waals surface area contributed by atoms with Crippen molar-refractivity contribution in [2.24, 2.45) is 5.92 Å². The molecule has 0 bridgehead atoms. The van der Waals surface area contributed by atoms with E-state index in [2.05, 4.69) is 16.2 Å². The third-order valence-corrected chi connectivity index (χ3v) is 4.65. The summed E-state index contributed by atoms with van der Waals surface area (Å²) in [6.45, 7) is 2.25. The van der Waals surface area contributed by atoms with E-state index in [9.17, 15) is 9.59 Å². The van der Waals surface area contributed by atoms with Crippen LogP contribution in [0.2, 0.25) is 0 Å². The summed E-state index contributed by atoms with van der Waals surface area (Å²) in [6.07, 6.45) is 6.30. The van der Waals surface area contributed by atoms with E-state index < -0.39 is 0 Å². The fraction of sp³-hybridized carbons (Fsp3) is 0.857. The smallest absolute Gasteiger partial charge is 0.244 e. The maximum atomic E-state index is 12.4. The van der Waals surface area contributed by atoms with E-state index in [0.29, 0.717) is 12.6 Å². The van der Waals surface area contributed by atoms with Crippen molar-refractivity contribution < 1.29 is 9.59 Å². The lowest BCUT2D eigenvalue weighted by atomic mass is 10.0. The summed E-state index contributed by atoms with van der Waals surface area (Å²) in [5.74, 6) is 0.752. The van der Waals surface area contributed by atoms with Crippen molar-refractivity contribution in [2.75, 3.05) is 6.54 Å². The van der Waals surface area contributed by atoms with Crippen molar-refractivity contribution in [3.63, 3.8) is 0 Å². The Hall–Kier alpha value is -1.14. The Morgan fingerprint density at radius 2 is 1.95 bits per heavy atom. The minimum Gasteiger partial charge on any atom is -0.338 e. The lowest BCUT2D eigenvalue weighted by Crippen LogP contribution is -2.55. The zero-order valence-electron chi connectivity index (χ0n) is 12.0. The molecule has 0 spiro atoms. The molecule has 2 saturated heterocycles. The number of amides is 2. The Labute approximate surface area is 119 Å². The van der Waals surface area contributed by atoms with Crippen molar-refractivity contribution in [3.05, 3.63) is 0 Å². The molecule has 1 saturated carbocycles. The number of hydrogen-bond donors (Lipinski definition) is 3. The average Bonchev–Trinajstić information content (AvgIpc) is 3.19. The Morgan fingerprint density at radius 3 is 2.65 bits per heavy atom. The molecule has 1 aliphatic carbocycles. The summed E-state index contributed by atoms with van der Waals surface area (Å²) >= 11 is 0. The summed E-state index contributed by atoms with van der Waals surface area (Å²) < 4.78 is 0. The molecule has 112 valence electrons. The van der Waals surface area contributed by atoms with Crippen LogP contribution in [0.25, 0.3) is 0 Å². The molecular formula is C14H24N4O2. The maximum Gasteiger partial charge on any atom is 0.244 e. The van der Waals surface area contributed by atoms with Crippen LogP contribution >= 0.6 is 0 Å². The van der Waals surface area contributed by atoms with Gasteiger partial charge in [-0.15, -0.1) is 0 Å². The van der Waals surface area contributed by atoms with Crippen LogP contribution in [-0.2, 0) is 9.59 Å². The van der Waals surface area contributed by atoms with Crippen LogP contribution in [0, 0.1) is 5.92 Å². The second-order valence-electron chi connectivity index (χ2n) is 6.25. The van der Waals surface area contributed by atoms with E-state index in [-0.39, 0.29) is 24.0 Å². The summed E-state index contributed by atoms with van der Waals surface area (Å²) in [4.78, 5) is 25.7. The molecule has 0 aromatic heterocycles. The first-order valence-corrected chi connectivity index (χ1v) is 7.74. The second kappa shape index (κ2) is 5.69. The second-order valence-corrected chi connectivity index (χ2v) is 6.25. The van der Waals surface area contributed by atoms with E-state index in [1.807, 2.05) is 0 Å². The van der Waals surface area contributed by atoms with Crippen molar-refractivity contribution in [1.29, 1.82) is 0 Å². The number of rotatable bonds is 3. The molecule has 2 unspecified atom stereocenters. The molecule has 6 nitrogen and oxygen atoms in total. The first-order chi connectivity index (χ1) is 9.65. The fourth-order valence-corrected chi connectivity index (χ4v) is 3.33. The summed E-state index contributed by atoms with van der Waals surface area (Å²) in [5, 5.41) is 3.04. The molecule has 2 amide bonds. The first kappa shape index (κ1) is 13.8. The number of nitrogens with one attached hydrogen (secondary N) is 3. The highest BCUT2D eigenvalue weighted by atomic mass is 16.2. The zero-order chi connectivity index (χ0) is 14.1. The number of likely N-dealkylation sites (tertiary alicyclic amines) is 1. The minimum atomic E-state index is -0.289. The van der Waals surface area contributed by atoms with Gasteiger partial charge in [0.25, 0.3) is 0 Å². The zero-order valence-corrected chi connectivity index (χ0v) is 12.0. The van der Waals surface area contributed by atoms with Gasteiger partial charge in [0.05, 0.1) is 6.17 Å². The fourth-order valence-electron chi connectivity index (χ4n) is 3.33. The van der Waals surface area contributed by atoms with Crippen molar-refractivity contribution in [1.82, 2.24) is 21.1 Å². The third-order valence-electron chi connectivity index (χ3n) is 4.65. The molecule has 2 aliphatic heterocycles. The van der Waals surface area contributed by atoms with Crippen molar-refractivity contribution in [3.8, 4) is 0 Å². The lowest BCUT2D eigenvalue weighted by Gasteiger charge is -2.34. The van der Waals surface area contributed by atoms with Gasteiger partial charge >= 0.3 is 0 Å². The average molecular weight is 280 g/mol. The monoisotopic (exact) mass is 280 g/mol. The SMILES string of the molecule is CC(=O)N1CCCC[C@@H]1C(=O)NC1CC(C2CC2)NN1.